The predicted molar refractivity (Wildman–Crippen MR) is 68.8 cm³/mol. The quantitative estimate of drug-likeness (QED) is 0.833. The van der Waals surface area contributed by atoms with Crippen molar-refractivity contribution in [3.8, 4) is 5.75 Å². The van der Waals surface area contributed by atoms with E-state index in [9.17, 15) is 4.79 Å². The summed E-state index contributed by atoms with van der Waals surface area (Å²) in [5.41, 5.74) is 2.82. The van der Waals surface area contributed by atoms with E-state index in [-0.39, 0.29) is 6.54 Å². The second kappa shape index (κ2) is 6.35. The lowest BCUT2D eigenvalue weighted by Crippen LogP contribution is -2.29. The number of aromatic nitrogens is 1. The highest BCUT2D eigenvalue weighted by Gasteiger charge is 2.14. The Morgan fingerprint density at radius 1 is 1.50 bits per heavy atom. The van der Waals surface area contributed by atoms with Crippen molar-refractivity contribution in [1.82, 2.24) is 9.88 Å². The number of carbonyl (C=O) groups is 1. The first-order valence-corrected chi connectivity index (χ1v) is 5.92. The van der Waals surface area contributed by atoms with E-state index >= 15 is 0 Å². The van der Waals surface area contributed by atoms with Gasteiger partial charge in [-0.15, -0.1) is 0 Å². The number of carboxylic acids is 1. The average molecular weight is 252 g/mol. The van der Waals surface area contributed by atoms with Crippen molar-refractivity contribution < 1.29 is 14.6 Å². The maximum atomic E-state index is 10.7. The number of likely N-dealkylation sites (N-methyl/N-ethyl adjacent to an activating group) is 1. The molecule has 0 aliphatic rings. The topological polar surface area (TPSA) is 62.7 Å². The molecular weight excluding hydrogens is 232 g/mol. The molecule has 0 unspecified atom stereocenters. The Morgan fingerprint density at radius 3 is 2.67 bits per heavy atom. The summed E-state index contributed by atoms with van der Waals surface area (Å²) >= 11 is 0. The lowest BCUT2D eigenvalue weighted by Gasteiger charge is -2.20. The van der Waals surface area contributed by atoms with Crippen LogP contribution in [0.15, 0.2) is 6.20 Å². The Balaban J connectivity index is 2.93. The fourth-order valence-electron chi connectivity index (χ4n) is 1.91. The zero-order valence-electron chi connectivity index (χ0n) is 11.4. The van der Waals surface area contributed by atoms with Crippen LogP contribution in [0.25, 0.3) is 0 Å². The van der Waals surface area contributed by atoms with Crippen LogP contribution in [-0.4, -0.2) is 41.2 Å². The summed E-state index contributed by atoms with van der Waals surface area (Å²) in [4.78, 5) is 16.9. The molecule has 100 valence electrons. The van der Waals surface area contributed by atoms with Crippen LogP contribution in [0.4, 0.5) is 0 Å². The summed E-state index contributed by atoms with van der Waals surface area (Å²) in [6.07, 6.45) is 1.76. The van der Waals surface area contributed by atoms with Gasteiger partial charge in [-0.1, -0.05) is 6.92 Å². The maximum absolute atomic E-state index is 10.7. The third kappa shape index (κ3) is 3.43. The molecule has 0 spiro atoms. The molecular formula is C13H20N2O3. The van der Waals surface area contributed by atoms with Gasteiger partial charge < -0.3 is 9.84 Å². The smallest absolute Gasteiger partial charge is 0.317 e. The van der Waals surface area contributed by atoms with Gasteiger partial charge in [-0.2, -0.15) is 0 Å². The van der Waals surface area contributed by atoms with E-state index in [1.165, 1.54) is 0 Å². The number of hydrogen-bond acceptors (Lipinski definition) is 4. The SMILES string of the molecule is CCN(CC(=O)O)Cc1ncc(C)c(OC)c1C. The Morgan fingerprint density at radius 2 is 2.17 bits per heavy atom. The van der Waals surface area contributed by atoms with Gasteiger partial charge in [0.25, 0.3) is 0 Å². The molecule has 1 N–H and O–H groups in total. The number of pyridine rings is 1. The molecule has 0 saturated carbocycles. The van der Waals surface area contributed by atoms with Crippen molar-refractivity contribution in [2.45, 2.75) is 27.3 Å². The van der Waals surface area contributed by atoms with E-state index < -0.39 is 5.97 Å². The normalized spacial score (nSPS) is 10.7. The molecule has 0 bridgehead atoms. The van der Waals surface area contributed by atoms with E-state index in [0.717, 1.165) is 22.6 Å². The van der Waals surface area contributed by atoms with Gasteiger partial charge in [0.15, 0.2) is 0 Å². The number of nitrogens with zero attached hydrogens (tertiary/aromatic N) is 2. The Bertz CT molecular complexity index is 432. The lowest BCUT2D eigenvalue weighted by molar-refractivity contribution is -0.138. The average Bonchev–Trinajstić information content (AvgIpc) is 2.31. The summed E-state index contributed by atoms with van der Waals surface area (Å²) in [6.45, 7) is 7.03. The standard InChI is InChI=1S/C13H20N2O3/c1-5-15(8-12(16)17)7-11-10(3)13(18-4)9(2)6-14-11/h6H,5,7-8H2,1-4H3,(H,16,17). The largest absolute Gasteiger partial charge is 0.496 e. The van der Waals surface area contributed by atoms with Gasteiger partial charge in [0.05, 0.1) is 19.3 Å². The van der Waals surface area contributed by atoms with Gasteiger partial charge in [-0.05, 0) is 20.4 Å². The molecule has 1 heterocycles. The fraction of sp³-hybridized carbons (Fsp3) is 0.538. The minimum absolute atomic E-state index is 0.0216. The lowest BCUT2D eigenvalue weighted by atomic mass is 10.1. The van der Waals surface area contributed by atoms with E-state index in [1.807, 2.05) is 25.7 Å². The van der Waals surface area contributed by atoms with Gasteiger partial charge in [0, 0.05) is 23.9 Å². The van der Waals surface area contributed by atoms with Gasteiger partial charge in [0.1, 0.15) is 5.75 Å². The molecule has 1 aromatic heterocycles. The second-order valence-electron chi connectivity index (χ2n) is 4.24. The Hall–Kier alpha value is -1.62. The monoisotopic (exact) mass is 252 g/mol. The molecule has 0 atom stereocenters. The number of aryl methyl sites for hydroxylation is 1. The van der Waals surface area contributed by atoms with Crippen molar-refractivity contribution in [3.05, 3.63) is 23.0 Å². The molecule has 5 nitrogen and oxygen atoms in total. The molecule has 0 fully saturated rings. The first-order chi connectivity index (χ1) is 8.49. The number of hydrogen-bond donors (Lipinski definition) is 1. The number of carboxylic acid groups (broad SMARTS) is 1. The van der Waals surface area contributed by atoms with E-state index in [0.29, 0.717) is 13.1 Å². The van der Waals surface area contributed by atoms with Crippen LogP contribution in [0, 0.1) is 13.8 Å². The fourth-order valence-corrected chi connectivity index (χ4v) is 1.91. The van der Waals surface area contributed by atoms with E-state index in [2.05, 4.69) is 4.98 Å². The summed E-state index contributed by atoms with van der Waals surface area (Å²) in [6, 6.07) is 0. The zero-order valence-corrected chi connectivity index (χ0v) is 11.4. The van der Waals surface area contributed by atoms with Gasteiger partial charge in [-0.3, -0.25) is 14.7 Å². The minimum atomic E-state index is -0.825. The highest BCUT2D eigenvalue weighted by atomic mass is 16.5. The molecule has 18 heavy (non-hydrogen) atoms. The molecule has 5 heteroatoms. The van der Waals surface area contributed by atoms with E-state index in [4.69, 9.17) is 9.84 Å². The van der Waals surface area contributed by atoms with Crippen molar-refractivity contribution >= 4 is 5.97 Å². The van der Waals surface area contributed by atoms with Crippen molar-refractivity contribution in [1.29, 1.82) is 0 Å². The highest BCUT2D eigenvalue weighted by Crippen LogP contribution is 2.24. The summed E-state index contributed by atoms with van der Waals surface area (Å²) < 4.78 is 5.34. The maximum Gasteiger partial charge on any atom is 0.317 e. The molecule has 1 aromatic rings. The Labute approximate surface area is 107 Å². The highest BCUT2D eigenvalue weighted by molar-refractivity contribution is 5.69. The number of ether oxygens (including phenoxy) is 1. The van der Waals surface area contributed by atoms with E-state index in [1.54, 1.807) is 13.3 Å². The second-order valence-corrected chi connectivity index (χ2v) is 4.24. The van der Waals surface area contributed by atoms with Gasteiger partial charge >= 0.3 is 5.97 Å². The first-order valence-electron chi connectivity index (χ1n) is 5.92. The summed E-state index contributed by atoms with van der Waals surface area (Å²) in [5.74, 6) is -0.0000391. The molecule has 1 rings (SSSR count). The number of aliphatic carboxylic acids is 1. The summed E-state index contributed by atoms with van der Waals surface area (Å²) in [5, 5.41) is 8.82. The van der Waals surface area contributed by atoms with Crippen molar-refractivity contribution in [2.24, 2.45) is 0 Å². The predicted octanol–water partition coefficient (Wildman–Crippen LogP) is 1.61. The third-order valence-corrected chi connectivity index (χ3v) is 2.93. The third-order valence-electron chi connectivity index (χ3n) is 2.93. The molecule has 0 amide bonds. The molecule has 0 aliphatic heterocycles. The molecule has 0 aliphatic carbocycles. The van der Waals surface area contributed by atoms with Crippen LogP contribution in [0.1, 0.15) is 23.7 Å². The summed E-state index contributed by atoms with van der Waals surface area (Å²) in [7, 11) is 1.63. The van der Waals surface area contributed by atoms with Crippen LogP contribution in [0.3, 0.4) is 0 Å². The van der Waals surface area contributed by atoms with Gasteiger partial charge in [0.2, 0.25) is 0 Å². The van der Waals surface area contributed by atoms with Crippen LogP contribution >= 0.6 is 0 Å². The van der Waals surface area contributed by atoms with Crippen LogP contribution in [-0.2, 0) is 11.3 Å². The number of methoxy groups -OCH3 is 1. The Kier molecular flexibility index (Phi) is 5.09. The minimum Gasteiger partial charge on any atom is -0.496 e. The van der Waals surface area contributed by atoms with Crippen LogP contribution in [0.5, 0.6) is 5.75 Å². The molecule has 0 saturated heterocycles. The van der Waals surface area contributed by atoms with Crippen LogP contribution in [0.2, 0.25) is 0 Å². The number of rotatable bonds is 6. The van der Waals surface area contributed by atoms with Crippen LogP contribution < -0.4 is 4.74 Å². The first kappa shape index (κ1) is 14.4. The van der Waals surface area contributed by atoms with Crippen molar-refractivity contribution in [2.75, 3.05) is 20.2 Å². The molecule has 0 aromatic carbocycles. The van der Waals surface area contributed by atoms with Crippen molar-refractivity contribution in [3.63, 3.8) is 0 Å². The molecule has 0 radical (unpaired) electrons. The zero-order chi connectivity index (χ0) is 13.7. The van der Waals surface area contributed by atoms with Gasteiger partial charge in [-0.25, -0.2) is 0 Å².